The van der Waals surface area contributed by atoms with Crippen molar-refractivity contribution in [3.8, 4) is 0 Å². The van der Waals surface area contributed by atoms with Crippen LogP contribution in [-0.2, 0) is 4.43 Å². The lowest BCUT2D eigenvalue weighted by atomic mass is 9.60. The van der Waals surface area contributed by atoms with Crippen LogP contribution in [0.25, 0.3) is 0 Å². The number of hydrogen-bond donors (Lipinski definition) is 1. The fourth-order valence-corrected chi connectivity index (χ4v) is 11.7. The lowest BCUT2D eigenvalue weighted by Gasteiger charge is -2.44. The summed E-state index contributed by atoms with van der Waals surface area (Å²) in [6, 6.07) is 3.48. The van der Waals surface area contributed by atoms with Crippen LogP contribution in [-0.4, -0.2) is 25.6 Å². The van der Waals surface area contributed by atoms with Crippen LogP contribution < -0.4 is 0 Å². The summed E-state index contributed by atoms with van der Waals surface area (Å²) >= 11 is 0. The Hall–Kier alpha value is -0.643. The van der Waals surface area contributed by atoms with Gasteiger partial charge in [-0.25, -0.2) is 0 Å². The molecule has 1 N–H and O–H groups in total. The molecule has 38 heavy (non-hydrogen) atoms. The van der Waals surface area contributed by atoms with Gasteiger partial charge >= 0.3 is 0 Å². The van der Waals surface area contributed by atoms with Crippen molar-refractivity contribution in [3.05, 3.63) is 35.5 Å². The van der Waals surface area contributed by atoms with Gasteiger partial charge in [-0.2, -0.15) is 0 Å². The first-order chi connectivity index (χ1) is 18.0. The molecule has 0 spiro atoms. The normalized spacial score (nSPS) is 34.2. The number of allylic oxidation sites excluding steroid dienone is 3. The van der Waals surface area contributed by atoms with Crippen LogP contribution in [0.4, 0.5) is 0 Å². The summed E-state index contributed by atoms with van der Waals surface area (Å²) in [6.45, 7) is 23.6. The van der Waals surface area contributed by atoms with Crippen LogP contribution in [0.15, 0.2) is 35.5 Å². The Morgan fingerprint density at radius 2 is 1.74 bits per heavy atom. The Morgan fingerprint density at radius 1 is 1.05 bits per heavy atom. The molecule has 0 aromatic carbocycles. The highest BCUT2D eigenvalue weighted by atomic mass is 28.4. The van der Waals surface area contributed by atoms with Gasteiger partial charge in [0.15, 0.2) is 8.32 Å². The van der Waals surface area contributed by atoms with Crippen LogP contribution in [0, 0.1) is 35.0 Å². The molecular formula is C35H62O2Si. The molecule has 0 bridgehead atoms. The predicted molar refractivity (Wildman–Crippen MR) is 168 cm³/mol. The molecule has 0 aliphatic heterocycles. The van der Waals surface area contributed by atoms with Crippen molar-refractivity contribution in [3.63, 3.8) is 0 Å². The average molecular weight is 543 g/mol. The van der Waals surface area contributed by atoms with Gasteiger partial charge < -0.3 is 9.53 Å². The van der Waals surface area contributed by atoms with Gasteiger partial charge in [0.1, 0.15) is 0 Å². The van der Waals surface area contributed by atoms with E-state index in [2.05, 4.69) is 74.1 Å². The van der Waals surface area contributed by atoms with Gasteiger partial charge in [0.25, 0.3) is 0 Å². The van der Waals surface area contributed by atoms with Crippen molar-refractivity contribution in [1.29, 1.82) is 0 Å². The van der Waals surface area contributed by atoms with Crippen molar-refractivity contribution in [2.24, 2.45) is 35.0 Å². The first kappa shape index (κ1) is 31.9. The van der Waals surface area contributed by atoms with E-state index in [0.29, 0.717) is 11.8 Å². The van der Waals surface area contributed by atoms with Crippen LogP contribution in [0.3, 0.4) is 0 Å². The van der Waals surface area contributed by atoms with E-state index in [1.165, 1.54) is 56.9 Å². The third-order valence-corrected chi connectivity index (χ3v) is 16.5. The molecule has 0 amide bonds. The maximum absolute atomic E-state index is 10.9. The Morgan fingerprint density at radius 3 is 2.34 bits per heavy atom. The van der Waals surface area contributed by atoms with Crippen molar-refractivity contribution >= 4 is 8.32 Å². The Labute approximate surface area is 237 Å². The van der Waals surface area contributed by atoms with Gasteiger partial charge in [0.05, 0.1) is 12.2 Å². The second-order valence-corrected chi connectivity index (χ2v) is 18.7. The number of aliphatic hydroxyl groups is 1. The van der Waals surface area contributed by atoms with Crippen LogP contribution >= 0.6 is 0 Å². The van der Waals surface area contributed by atoms with Gasteiger partial charge in [-0.05, 0) is 109 Å². The molecule has 0 radical (unpaired) electrons. The zero-order chi connectivity index (χ0) is 28.1. The number of fused-ring (bicyclic) bond motifs is 1. The predicted octanol–water partition coefficient (Wildman–Crippen LogP) is 10.3. The first-order valence-corrected chi connectivity index (χ1v) is 19.0. The monoisotopic (exact) mass is 542 g/mol. The van der Waals surface area contributed by atoms with Crippen molar-refractivity contribution in [2.45, 2.75) is 150 Å². The lowest BCUT2D eigenvalue weighted by molar-refractivity contribution is 0.0899. The summed E-state index contributed by atoms with van der Waals surface area (Å²) in [5.41, 5.74) is 4.26. The fraction of sp³-hybridized carbons (Fsp3) is 0.829. The van der Waals surface area contributed by atoms with E-state index in [1.807, 2.05) is 0 Å². The molecule has 0 saturated heterocycles. The van der Waals surface area contributed by atoms with Gasteiger partial charge in [0.2, 0.25) is 0 Å². The summed E-state index contributed by atoms with van der Waals surface area (Å²) in [4.78, 5) is 0. The maximum Gasteiger partial charge on any atom is 0.192 e. The maximum atomic E-state index is 10.9. The summed E-state index contributed by atoms with van der Waals surface area (Å²) in [5.74, 6) is 4.08. The van der Waals surface area contributed by atoms with E-state index >= 15 is 0 Å². The van der Waals surface area contributed by atoms with Crippen LogP contribution in [0.2, 0.25) is 18.1 Å². The minimum absolute atomic E-state index is 0.137. The highest BCUT2D eigenvalue weighted by Crippen LogP contribution is 2.60. The molecule has 0 aromatic heterocycles. The zero-order valence-corrected chi connectivity index (χ0v) is 27.5. The van der Waals surface area contributed by atoms with E-state index in [9.17, 15) is 5.11 Å². The van der Waals surface area contributed by atoms with E-state index in [-0.39, 0.29) is 6.10 Å². The average Bonchev–Trinajstić information content (AvgIpc) is 3.26. The van der Waals surface area contributed by atoms with Crippen LogP contribution in [0.5, 0.6) is 0 Å². The standard InChI is InChI=1S/C35H62O2Si/c1-10-28(25(5)6)17-16-26(7)32-20-21-33-29(15-14-22-35(32,33)9)18-19-30-23-31(24-34(36)27(30)8)37-38(11-2,12-3)13-4/h18-19,25-26,28,31-34,36H,8,10-17,20-24H2,1-7,9H3/b29-18+,30-19+/t26-,28-,31-,32-,33+,34+,35-/m1/s1. The summed E-state index contributed by atoms with van der Waals surface area (Å²) in [5, 5.41) is 10.9. The molecule has 218 valence electrons. The second-order valence-electron chi connectivity index (χ2n) is 14.0. The molecule has 3 saturated carbocycles. The van der Waals surface area contributed by atoms with E-state index < -0.39 is 14.4 Å². The molecule has 3 rings (SSSR count). The molecule has 3 aliphatic carbocycles. The topological polar surface area (TPSA) is 29.5 Å². The molecule has 3 fully saturated rings. The van der Waals surface area contributed by atoms with E-state index in [1.54, 1.807) is 5.57 Å². The smallest absolute Gasteiger partial charge is 0.192 e. The van der Waals surface area contributed by atoms with Gasteiger partial charge in [0, 0.05) is 6.42 Å². The van der Waals surface area contributed by atoms with Crippen molar-refractivity contribution in [1.82, 2.24) is 0 Å². The molecule has 0 aromatic rings. The van der Waals surface area contributed by atoms with Crippen molar-refractivity contribution < 1.29 is 9.53 Å². The zero-order valence-electron chi connectivity index (χ0n) is 26.5. The van der Waals surface area contributed by atoms with Gasteiger partial charge in [-0.1, -0.05) is 92.5 Å². The minimum atomic E-state index is -1.69. The largest absolute Gasteiger partial charge is 0.413 e. The van der Waals surface area contributed by atoms with Gasteiger partial charge in [-0.3, -0.25) is 0 Å². The second kappa shape index (κ2) is 13.8. The number of aliphatic hydroxyl groups excluding tert-OH is 1. The molecule has 3 heteroatoms. The summed E-state index contributed by atoms with van der Waals surface area (Å²) in [6.07, 6.45) is 16.9. The Bertz CT molecular complexity index is 829. The number of hydrogen-bond acceptors (Lipinski definition) is 2. The quantitative estimate of drug-likeness (QED) is 0.249. The lowest BCUT2D eigenvalue weighted by Crippen LogP contribution is -2.42. The highest BCUT2D eigenvalue weighted by Gasteiger charge is 2.50. The summed E-state index contributed by atoms with van der Waals surface area (Å²) in [7, 11) is -1.69. The SMILES string of the molecule is C=C1/C(=C/C=C2\CCC[C@]3(C)[C@@H]([C@H](C)CC[C@@H](CC)C(C)C)CC[C@@H]23)C[C@@H](O[Si](CC)(CC)CC)C[C@@H]1O. The van der Waals surface area contributed by atoms with E-state index in [4.69, 9.17) is 4.43 Å². The Kier molecular flexibility index (Phi) is 11.6. The number of rotatable bonds is 12. The molecule has 0 heterocycles. The molecular weight excluding hydrogens is 480 g/mol. The molecule has 7 atom stereocenters. The Balaban J connectivity index is 1.73. The third-order valence-electron chi connectivity index (χ3n) is 11.8. The van der Waals surface area contributed by atoms with Crippen molar-refractivity contribution in [2.75, 3.05) is 0 Å². The molecule has 0 unspecified atom stereocenters. The van der Waals surface area contributed by atoms with Crippen LogP contribution in [0.1, 0.15) is 120 Å². The van der Waals surface area contributed by atoms with Gasteiger partial charge in [-0.15, -0.1) is 0 Å². The third kappa shape index (κ3) is 6.97. The fourth-order valence-electron chi connectivity index (χ4n) is 8.79. The molecule has 2 nitrogen and oxygen atoms in total. The minimum Gasteiger partial charge on any atom is -0.413 e. The molecule has 3 aliphatic rings. The highest BCUT2D eigenvalue weighted by molar-refractivity contribution is 6.73. The van der Waals surface area contributed by atoms with E-state index in [0.717, 1.165) is 59.7 Å². The first-order valence-electron chi connectivity index (χ1n) is 16.5. The summed E-state index contributed by atoms with van der Waals surface area (Å²) < 4.78 is 6.83.